The Hall–Kier alpha value is -0.890. The molecule has 2 nitrogen and oxygen atoms in total. The van der Waals surface area contributed by atoms with E-state index in [1.165, 1.54) is 37.8 Å². The maximum Gasteiger partial charge on any atom is 0.0271 e. The summed E-state index contributed by atoms with van der Waals surface area (Å²) in [5.41, 5.74) is 1.33. The van der Waals surface area contributed by atoms with Crippen LogP contribution in [0.3, 0.4) is 0 Å². The SMILES string of the molecule is CC1CCCCC1CNCc1ccncc1. The highest BCUT2D eigenvalue weighted by molar-refractivity contribution is 5.08. The van der Waals surface area contributed by atoms with E-state index in [0.717, 1.165) is 18.4 Å². The largest absolute Gasteiger partial charge is 0.312 e. The highest BCUT2D eigenvalue weighted by Crippen LogP contribution is 2.28. The highest BCUT2D eigenvalue weighted by atomic mass is 14.9. The Morgan fingerprint density at radius 1 is 1.25 bits per heavy atom. The smallest absolute Gasteiger partial charge is 0.0271 e. The van der Waals surface area contributed by atoms with Crippen molar-refractivity contribution in [3.8, 4) is 0 Å². The summed E-state index contributed by atoms with van der Waals surface area (Å²) in [6.45, 7) is 4.55. The Morgan fingerprint density at radius 2 is 2.00 bits per heavy atom. The fraction of sp³-hybridized carbons (Fsp3) is 0.643. The number of hydrogen-bond acceptors (Lipinski definition) is 2. The van der Waals surface area contributed by atoms with Crippen molar-refractivity contribution in [1.29, 1.82) is 0 Å². The molecular weight excluding hydrogens is 196 g/mol. The third-order valence-corrected chi connectivity index (χ3v) is 3.77. The molecule has 88 valence electrons. The maximum atomic E-state index is 4.03. The molecule has 0 bridgehead atoms. The van der Waals surface area contributed by atoms with E-state index in [-0.39, 0.29) is 0 Å². The summed E-state index contributed by atoms with van der Waals surface area (Å²) in [5, 5.41) is 3.57. The molecule has 1 fully saturated rings. The first-order valence-electron chi connectivity index (χ1n) is 6.46. The maximum absolute atomic E-state index is 4.03. The minimum absolute atomic E-state index is 0.885. The second-order valence-electron chi connectivity index (χ2n) is 5.01. The van der Waals surface area contributed by atoms with Crippen LogP contribution in [0.2, 0.25) is 0 Å². The monoisotopic (exact) mass is 218 g/mol. The minimum Gasteiger partial charge on any atom is -0.312 e. The van der Waals surface area contributed by atoms with Crippen molar-refractivity contribution in [2.75, 3.05) is 6.54 Å². The van der Waals surface area contributed by atoms with Gasteiger partial charge < -0.3 is 5.32 Å². The fourth-order valence-electron chi connectivity index (χ4n) is 2.60. The standard InChI is InChI=1S/C14H22N2/c1-12-4-2-3-5-14(12)11-16-10-13-6-8-15-9-7-13/h6-9,12,14,16H,2-5,10-11H2,1H3. The molecule has 2 unspecified atom stereocenters. The van der Waals surface area contributed by atoms with Gasteiger partial charge in [-0.3, -0.25) is 4.98 Å². The van der Waals surface area contributed by atoms with Crippen LogP contribution in [0.5, 0.6) is 0 Å². The van der Waals surface area contributed by atoms with Crippen LogP contribution in [0.25, 0.3) is 0 Å². The fourth-order valence-corrected chi connectivity index (χ4v) is 2.60. The lowest BCUT2D eigenvalue weighted by atomic mass is 9.80. The number of hydrogen-bond donors (Lipinski definition) is 1. The van der Waals surface area contributed by atoms with Crippen molar-refractivity contribution in [2.24, 2.45) is 11.8 Å². The molecule has 1 heterocycles. The van der Waals surface area contributed by atoms with Crippen LogP contribution in [0.15, 0.2) is 24.5 Å². The van der Waals surface area contributed by atoms with Crippen LogP contribution in [0.1, 0.15) is 38.2 Å². The molecule has 1 saturated carbocycles. The molecule has 0 amide bonds. The van der Waals surface area contributed by atoms with E-state index in [9.17, 15) is 0 Å². The van der Waals surface area contributed by atoms with Gasteiger partial charge in [-0.15, -0.1) is 0 Å². The number of pyridine rings is 1. The zero-order chi connectivity index (χ0) is 11.2. The number of aromatic nitrogens is 1. The molecule has 16 heavy (non-hydrogen) atoms. The number of nitrogens with one attached hydrogen (secondary N) is 1. The Balaban J connectivity index is 1.71. The summed E-state index contributed by atoms with van der Waals surface area (Å²) in [5.74, 6) is 1.79. The van der Waals surface area contributed by atoms with Crippen molar-refractivity contribution in [3.05, 3.63) is 30.1 Å². The van der Waals surface area contributed by atoms with Gasteiger partial charge in [-0.25, -0.2) is 0 Å². The van der Waals surface area contributed by atoms with Gasteiger partial charge in [0, 0.05) is 18.9 Å². The topological polar surface area (TPSA) is 24.9 Å². The summed E-state index contributed by atoms with van der Waals surface area (Å²) in [4.78, 5) is 4.03. The lowest BCUT2D eigenvalue weighted by Crippen LogP contribution is -2.29. The molecule has 0 aliphatic heterocycles. The van der Waals surface area contributed by atoms with Gasteiger partial charge in [0.2, 0.25) is 0 Å². The molecule has 2 rings (SSSR count). The lowest BCUT2D eigenvalue weighted by Gasteiger charge is -2.28. The highest BCUT2D eigenvalue weighted by Gasteiger charge is 2.20. The van der Waals surface area contributed by atoms with E-state index in [4.69, 9.17) is 0 Å². The van der Waals surface area contributed by atoms with Crippen molar-refractivity contribution in [2.45, 2.75) is 39.2 Å². The summed E-state index contributed by atoms with van der Waals surface area (Å²) in [7, 11) is 0. The Kier molecular flexibility index (Phi) is 4.34. The molecular formula is C14H22N2. The lowest BCUT2D eigenvalue weighted by molar-refractivity contribution is 0.247. The number of rotatable bonds is 4. The zero-order valence-electron chi connectivity index (χ0n) is 10.2. The van der Waals surface area contributed by atoms with Crippen LogP contribution in [0, 0.1) is 11.8 Å². The summed E-state index contributed by atoms with van der Waals surface area (Å²) in [6, 6.07) is 4.16. The van der Waals surface area contributed by atoms with E-state index in [2.05, 4.69) is 29.4 Å². The van der Waals surface area contributed by atoms with Crippen LogP contribution in [0.4, 0.5) is 0 Å². The summed E-state index contributed by atoms with van der Waals surface area (Å²) < 4.78 is 0. The Labute approximate surface area is 98.5 Å². The average molecular weight is 218 g/mol. The molecule has 1 N–H and O–H groups in total. The molecule has 0 radical (unpaired) electrons. The summed E-state index contributed by atoms with van der Waals surface area (Å²) >= 11 is 0. The predicted molar refractivity (Wildman–Crippen MR) is 67.1 cm³/mol. The van der Waals surface area contributed by atoms with Crippen LogP contribution in [-0.2, 0) is 6.54 Å². The molecule has 1 aromatic rings. The van der Waals surface area contributed by atoms with Crippen molar-refractivity contribution in [1.82, 2.24) is 10.3 Å². The van der Waals surface area contributed by atoms with Crippen molar-refractivity contribution < 1.29 is 0 Å². The first-order chi connectivity index (χ1) is 7.86. The first-order valence-corrected chi connectivity index (χ1v) is 6.46. The second-order valence-corrected chi connectivity index (χ2v) is 5.01. The van der Waals surface area contributed by atoms with Gasteiger partial charge in [-0.05, 0) is 42.5 Å². The van der Waals surface area contributed by atoms with Gasteiger partial charge >= 0.3 is 0 Å². The molecule has 2 atom stereocenters. The minimum atomic E-state index is 0.885. The first kappa shape index (κ1) is 11.6. The van der Waals surface area contributed by atoms with E-state index in [0.29, 0.717) is 0 Å². The quantitative estimate of drug-likeness (QED) is 0.840. The predicted octanol–water partition coefficient (Wildman–Crippen LogP) is 3.00. The Morgan fingerprint density at radius 3 is 2.75 bits per heavy atom. The normalized spacial score (nSPS) is 25.6. The third kappa shape index (κ3) is 3.31. The molecule has 0 aromatic carbocycles. The molecule has 0 saturated heterocycles. The zero-order valence-corrected chi connectivity index (χ0v) is 10.2. The van der Waals surface area contributed by atoms with Gasteiger partial charge in [0.05, 0.1) is 0 Å². The average Bonchev–Trinajstić information content (AvgIpc) is 2.33. The molecule has 1 aliphatic carbocycles. The van der Waals surface area contributed by atoms with Gasteiger partial charge in [0.15, 0.2) is 0 Å². The molecule has 1 aliphatic rings. The van der Waals surface area contributed by atoms with E-state index in [1.807, 2.05) is 12.4 Å². The third-order valence-electron chi connectivity index (χ3n) is 3.77. The molecule has 2 heteroatoms. The molecule has 0 spiro atoms. The van der Waals surface area contributed by atoms with Crippen LogP contribution >= 0.6 is 0 Å². The van der Waals surface area contributed by atoms with Crippen molar-refractivity contribution >= 4 is 0 Å². The van der Waals surface area contributed by atoms with Gasteiger partial charge in [-0.2, -0.15) is 0 Å². The Bertz CT molecular complexity index is 297. The van der Waals surface area contributed by atoms with Gasteiger partial charge in [0.25, 0.3) is 0 Å². The van der Waals surface area contributed by atoms with E-state index < -0.39 is 0 Å². The van der Waals surface area contributed by atoms with Crippen LogP contribution < -0.4 is 5.32 Å². The van der Waals surface area contributed by atoms with Gasteiger partial charge in [0.1, 0.15) is 0 Å². The second kappa shape index (κ2) is 6.00. The van der Waals surface area contributed by atoms with Crippen molar-refractivity contribution in [3.63, 3.8) is 0 Å². The van der Waals surface area contributed by atoms with Gasteiger partial charge in [-0.1, -0.05) is 26.2 Å². The number of nitrogens with zero attached hydrogens (tertiary/aromatic N) is 1. The van der Waals surface area contributed by atoms with Crippen LogP contribution in [-0.4, -0.2) is 11.5 Å². The van der Waals surface area contributed by atoms with E-state index in [1.54, 1.807) is 0 Å². The summed E-state index contributed by atoms with van der Waals surface area (Å²) in [6.07, 6.45) is 9.40. The molecule has 1 aromatic heterocycles. The van der Waals surface area contributed by atoms with E-state index >= 15 is 0 Å².